The average molecular weight is 247 g/mol. The molecule has 94 valence electrons. The Bertz CT molecular complexity index is 521. The van der Waals surface area contributed by atoms with Crippen LogP contribution in [-0.4, -0.2) is 6.54 Å². The molecule has 0 aliphatic heterocycles. The summed E-state index contributed by atoms with van der Waals surface area (Å²) in [6.45, 7) is 3.30. The first-order valence-corrected chi connectivity index (χ1v) is 5.96. The normalized spacial score (nSPS) is 10.6. The van der Waals surface area contributed by atoms with Crippen molar-refractivity contribution in [2.45, 2.75) is 13.5 Å². The van der Waals surface area contributed by atoms with E-state index in [1.54, 1.807) is 18.2 Å². The molecule has 0 aliphatic carbocycles. The van der Waals surface area contributed by atoms with Crippen molar-refractivity contribution in [1.82, 2.24) is 5.32 Å². The van der Waals surface area contributed by atoms with Crippen LogP contribution in [0.4, 0.5) is 8.78 Å². The van der Waals surface area contributed by atoms with Gasteiger partial charge in [0, 0.05) is 12.1 Å². The van der Waals surface area contributed by atoms with E-state index in [-0.39, 0.29) is 11.6 Å². The minimum atomic E-state index is -0.289. The maximum atomic E-state index is 13.8. The van der Waals surface area contributed by atoms with Gasteiger partial charge in [-0.2, -0.15) is 0 Å². The Morgan fingerprint density at radius 3 is 2.22 bits per heavy atom. The Morgan fingerprint density at radius 1 is 0.944 bits per heavy atom. The lowest BCUT2D eigenvalue weighted by Gasteiger charge is -2.07. The number of hydrogen-bond acceptors (Lipinski definition) is 1. The van der Waals surface area contributed by atoms with Gasteiger partial charge in [0.1, 0.15) is 11.6 Å². The topological polar surface area (TPSA) is 12.0 Å². The number of hydrogen-bond donors (Lipinski definition) is 1. The van der Waals surface area contributed by atoms with E-state index in [1.807, 2.05) is 13.0 Å². The van der Waals surface area contributed by atoms with Crippen molar-refractivity contribution in [2.24, 2.45) is 0 Å². The highest BCUT2D eigenvalue weighted by molar-refractivity contribution is 5.63. The molecule has 0 atom stereocenters. The number of nitrogens with one attached hydrogen (secondary N) is 1. The second-order valence-electron chi connectivity index (χ2n) is 4.09. The lowest BCUT2D eigenvalue weighted by Crippen LogP contribution is -2.12. The summed E-state index contributed by atoms with van der Waals surface area (Å²) in [4.78, 5) is 0. The Labute approximate surface area is 105 Å². The smallest absolute Gasteiger partial charge is 0.128 e. The van der Waals surface area contributed by atoms with Crippen LogP contribution in [0.3, 0.4) is 0 Å². The molecule has 18 heavy (non-hydrogen) atoms. The zero-order chi connectivity index (χ0) is 13.0. The van der Waals surface area contributed by atoms with Crippen LogP contribution in [0.2, 0.25) is 0 Å². The third-order valence-electron chi connectivity index (χ3n) is 2.80. The van der Waals surface area contributed by atoms with Crippen LogP contribution >= 0.6 is 0 Å². The molecule has 0 aromatic heterocycles. The summed E-state index contributed by atoms with van der Waals surface area (Å²) < 4.78 is 26.6. The van der Waals surface area contributed by atoms with Gasteiger partial charge in [-0.05, 0) is 35.9 Å². The second kappa shape index (κ2) is 5.74. The predicted molar refractivity (Wildman–Crippen MR) is 69.2 cm³/mol. The van der Waals surface area contributed by atoms with Gasteiger partial charge in [0.15, 0.2) is 0 Å². The molecule has 0 amide bonds. The monoisotopic (exact) mass is 247 g/mol. The molecule has 1 nitrogen and oxygen atoms in total. The van der Waals surface area contributed by atoms with Crippen molar-refractivity contribution < 1.29 is 8.78 Å². The van der Waals surface area contributed by atoms with Crippen molar-refractivity contribution in [3.63, 3.8) is 0 Å². The standard InChI is InChI=1S/C15H15F2N/c1-2-18-10-13-4-3-12(9-15(13)17)11-5-7-14(16)8-6-11/h3-9,18H,2,10H2,1H3. The highest BCUT2D eigenvalue weighted by Crippen LogP contribution is 2.22. The van der Waals surface area contributed by atoms with Crippen LogP contribution in [0, 0.1) is 11.6 Å². The summed E-state index contributed by atoms with van der Waals surface area (Å²) in [5.41, 5.74) is 2.21. The average Bonchev–Trinajstić information content (AvgIpc) is 2.38. The first kappa shape index (κ1) is 12.7. The van der Waals surface area contributed by atoms with E-state index >= 15 is 0 Å². The molecule has 1 N–H and O–H groups in total. The van der Waals surface area contributed by atoms with Crippen LogP contribution < -0.4 is 5.32 Å². The fraction of sp³-hybridized carbons (Fsp3) is 0.200. The Balaban J connectivity index is 2.25. The molecule has 0 heterocycles. The van der Waals surface area contributed by atoms with Gasteiger partial charge in [-0.3, -0.25) is 0 Å². The first-order chi connectivity index (χ1) is 8.70. The Morgan fingerprint density at radius 2 is 1.61 bits per heavy atom. The predicted octanol–water partition coefficient (Wildman–Crippen LogP) is 3.74. The van der Waals surface area contributed by atoms with E-state index in [9.17, 15) is 8.78 Å². The minimum absolute atomic E-state index is 0.238. The van der Waals surface area contributed by atoms with Gasteiger partial charge in [-0.1, -0.05) is 31.2 Å². The highest BCUT2D eigenvalue weighted by atomic mass is 19.1. The summed E-state index contributed by atoms with van der Waals surface area (Å²) in [5.74, 6) is -0.527. The summed E-state index contributed by atoms with van der Waals surface area (Å²) in [7, 11) is 0. The summed E-state index contributed by atoms with van der Waals surface area (Å²) in [6, 6.07) is 11.1. The summed E-state index contributed by atoms with van der Waals surface area (Å²) in [6.07, 6.45) is 0. The largest absolute Gasteiger partial charge is 0.313 e. The van der Waals surface area contributed by atoms with E-state index in [2.05, 4.69) is 5.32 Å². The second-order valence-corrected chi connectivity index (χ2v) is 4.09. The molecule has 3 heteroatoms. The molecular formula is C15H15F2N. The molecule has 0 unspecified atom stereocenters. The molecule has 2 aromatic carbocycles. The SMILES string of the molecule is CCNCc1ccc(-c2ccc(F)cc2)cc1F. The Kier molecular flexibility index (Phi) is 4.05. The van der Waals surface area contributed by atoms with Crippen molar-refractivity contribution in [3.8, 4) is 11.1 Å². The molecule has 0 spiro atoms. The molecular weight excluding hydrogens is 232 g/mol. The molecule has 0 saturated carbocycles. The van der Waals surface area contributed by atoms with Gasteiger partial charge >= 0.3 is 0 Å². The maximum absolute atomic E-state index is 13.8. The lowest BCUT2D eigenvalue weighted by atomic mass is 10.0. The molecule has 0 saturated heterocycles. The van der Waals surface area contributed by atoms with E-state index in [1.165, 1.54) is 18.2 Å². The van der Waals surface area contributed by atoms with Crippen molar-refractivity contribution in [2.75, 3.05) is 6.54 Å². The summed E-state index contributed by atoms with van der Waals surface area (Å²) in [5, 5.41) is 3.08. The fourth-order valence-electron chi connectivity index (χ4n) is 1.77. The van der Waals surface area contributed by atoms with Crippen LogP contribution in [0.15, 0.2) is 42.5 Å². The van der Waals surface area contributed by atoms with Crippen LogP contribution in [0.1, 0.15) is 12.5 Å². The van der Waals surface area contributed by atoms with Gasteiger partial charge in [-0.15, -0.1) is 0 Å². The maximum Gasteiger partial charge on any atom is 0.128 e. The van der Waals surface area contributed by atoms with E-state index in [4.69, 9.17) is 0 Å². The highest BCUT2D eigenvalue weighted by Gasteiger charge is 2.05. The van der Waals surface area contributed by atoms with E-state index < -0.39 is 0 Å². The molecule has 2 aromatic rings. The molecule has 0 bridgehead atoms. The Hall–Kier alpha value is -1.74. The van der Waals surface area contributed by atoms with Gasteiger partial charge in [0.25, 0.3) is 0 Å². The molecule has 0 aliphatic rings. The summed E-state index contributed by atoms with van der Waals surface area (Å²) >= 11 is 0. The van der Waals surface area contributed by atoms with Crippen LogP contribution in [-0.2, 0) is 6.54 Å². The zero-order valence-corrected chi connectivity index (χ0v) is 10.2. The van der Waals surface area contributed by atoms with Crippen LogP contribution in [0.5, 0.6) is 0 Å². The first-order valence-electron chi connectivity index (χ1n) is 5.96. The number of halogens is 2. The van der Waals surface area contributed by atoms with Gasteiger partial charge in [0.2, 0.25) is 0 Å². The molecule has 2 rings (SSSR count). The van der Waals surface area contributed by atoms with Crippen molar-refractivity contribution in [1.29, 1.82) is 0 Å². The quantitative estimate of drug-likeness (QED) is 0.867. The van der Waals surface area contributed by atoms with Crippen LogP contribution in [0.25, 0.3) is 11.1 Å². The van der Waals surface area contributed by atoms with Crippen molar-refractivity contribution >= 4 is 0 Å². The van der Waals surface area contributed by atoms with Gasteiger partial charge in [0.05, 0.1) is 0 Å². The molecule has 0 fully saturated rings. The zero-order valence-electron chi connectivity index (χ0n) is 10.2. The lowest BCUT2D eigenvalue weighted by molar-refractivity contribution is 0.594. The third kappa shape index (κ3) is 2.93. The van der Waals surface area contributed by atoms with E-state index in [0.29, 0.717) is 12.1 Å². The number of rotatable bonds is 4. The van der Waals surface area contributed by atoms with Crippen molar-refractivity contribution in [3.05, 3.63) is 59.7 Å². The molecule has 0 radical (unpaired) electrons. The van der Waals surface area contributed by atoms with Gasteiger partial charge < -0.3 is 5.32 Å². The van der Waals surface area contributed by atoms with Gasteiger partial charge in [-0.25, -0.2) is 8.78 Å². The minimum Gasteiger partial charge on any atom is -0.313 e. The fourth-order valence-corrected chi connectivity index (χ4v) is 1.77. The number of benzene rings is 2. The third-order valence-corrected chi connectivity index (χ3v) is 2.80. The van der Waals surface area contributed by atoms with E-state index in [0.717, 1.165) is 17.7 Å².